The summed E-state index contributed by atoms with van der Waals surface area (Å²) in [5.41, 5.74) is 4.62. The van der Waals surface area contributed by atoms with Crippen molar-refractivity contribution in [3.05, 3.63) is 52.3 Å². The second kappa shape index (κ2) is 9.17. The molecule has 0 atom stereocenters. The van der Waals surface area contributed by atoms with Crippen LogP contribution in [-0.4, -0.2) is 42.5 Å². The normalized spacial score (nSPS) is 11.0. The average Bonchev–Trinajstić information content (AvgIpc) is 3.28. The van der Waals surface area contributed by atoms with E-state index in [2.05, 4.69) is 39.6 Å². The molecular weight excluding hydrogens is 386 g/mol. The third-order valence-electron chi connectivity index (χ3n) is 4.84. The number of tetrazole rings is 1. The maximum Gasteiger partial charge on any atom is 0.214 e. The lowest BCUT2D eigenvalue weighted by molar-refractivity contribution is 0.101. The summed E-state index contributed by atoms with van der Waals surface area (Å²) >= 11 is 1.27. The number of benzene rings is 1. The fourth-order valence-electron chi connectivity index (χ4n) is 3.37. The van der Waals surface area contributed by atoms with Crippen molar-refractivity contribution in [2.24, 2.45) is 0 Å². The van der Waals surface area contributed by atoms with Gasteiger partial charge in [0.15, 0.2) is 11.6 Å². The van der Waals surface area contributed by atoms with Gasteiger partial charge in [0.2, 0.25) is 5.16 Å². The topological polar surface area (TPSA) is 93.5 Å². The molecule has 2 aromatic heterocycles. The van der Waals surface area contributed by atoms with Crippen molar-refractivity contribution in [1.82, 2.24) is 25.2 Å². The molecule has 152 valence electrons. The van der Waals surface area contributed by atoms with E-state index in [0.29, 0.717) is 22.0 Å². The van der Waals surface area contributed by atoms with Crippen molar-refractivity contribution in [1.29, 1.82) is 0 Å². The van der Waals surface area contributed by atoms with Gasteiger partial charge in [-0.1, -0.05) is 37.2 Å². The predicted octanol–water partition coefficient (Wildman–Crippen LogP) is 4.13. The Morgan fingerprint density at radius 1 is 1.17 bits per heavy atom. The third kappa shape index (κ3) is 4.64. The molecule has 8 heteroatoms. The Labute approximate surface area is 174 Å². The van der Waals surface area contributed by atoms with E-state index in [0.717, 1.165) is 30.6 Å². The first-order valence-corrected chi connectivity index (χ1v) is 10.6. The van der Waals surface area contributed by atoms with E-state index in [9.17, 15) is 9.59 Å². The number of hydrogen-bond acceptors (Lipinski definition) is 6. The van der Waals surface area contributed by atoms with Gasteiger partial charge in [-0.2, -0.15) is 4.68 Å². The van der Waals surface area contributed by atoms with Crippen LogP contribution in [0.3, 0.4) is 0 Å². The minimum Gasteiger partial charge on any atom is -0.355 e. The smallest absolute Gasteiger partial charge is 0.214 e. The van der Waals surface area contributed by atoms with Gasteiger partial charge in [0.05, 0.1) is 17.1 Å². The molecule has 0 fully saturated rings. The fourth-order valence-corrected chi connectivity index (χ4v) is 4.14. The van der Waals surface area contributed by atoms with Crippen LogP contribution in [0.25, 0.3) is 5.69 Å². The maximum absolute atomic E-state index is 12.7. The maximum atomic E-state index is 12.7. The summed E-state index contributed by atoms with van der Waals surface area (Å²) in [6.45, 7) is 7.28. The Bertz CT molecular complexity index is 1020. The number of H-pyrrole nitrogens is 1. The van der Waals surface area contributed by atoms with Crippen molar-refractivity contribution < 1.29 is 9.59 Å². The van der Waals surface area contributed by atoms with Gasteiger partial charge in [-0.15, -0.1) is 5.10 Å². The SMILES string of the molecule is CCCCc1ccc(-n2nnnc2SCC(=O)c2[nH]c(C)c(C(C)=O)c2C)cc1. The summed E-state index contributed by atoms with van der Waals surface area (Å²) in [6.07, 6.45) is 3.38. The zero-order chi connectivity index (χ0) is 21.0. The van der Waals surface area contributed by atoms with Crippen LogP contribution in [0.15, 0.2) is 29.4 Å². The van der Waals surface area contributed by atoms with Crippen LogP contribution < -0.4 is 0 Å². The van der Waals surface area contributed by atoms with Crippen molar-refractivity contribution in [2.45, 2.75) is 52.1 Å². The fraction of sp³-hybridized carbons (Fsp3) is 0.381. The number of carbonyl (C=O) groups is 2. The van der Waals surface area contributed by atoms with Crippen molar-refractivity contribution in [3.8, 4) is 5.69 Å². The summed E-state index contributed by atoms with van der Waals surface area (Å²) in [7, 11) is 0. The number of nitrogens with zero attached hydrogens (tertiary/aromatic N) is 4. The van der Waals surface area contributed by atoms with Crippen molar-refractivity contribution in [2.75, 3.05) is 5.75 Å². The van der Waals surface area contributed by atoms with Crippen molar-refractivity contribution in [3.63, 3.8) is 0 Å². The molecule has 2 heterocycles. The lowest BCUT2D eigenvalue weighted by Crippen LogP contribution is -2.07. The highest BCUT2D eigenvalue weighted by molar-refractivity contribution is 7.99. The predicted molar refractivity (Wildman–Crippen MR) is 113 cm³/mol. The van der Waals surface area contributed by atoms with Gasteiger partial charge >= 0.3 is 0 Å². The number of thioether (sulfide) groups is 1. The zero-order valence-corrected chi connectivity index (χ0v) is 18.0. The number of hydrogen-bond donors (Lipinski definition) is 1. The van der Waals surface area contributed by atoms with Gasteiger partial charge < -0.3 is 4.98 Å². The molecule has 0 spiro atoms. The first-order chi connectivity index (χ1) is 13.9. The number of aryl methyl sites for hydroxylation is 2. The van der Waals surface area contributed by atoms with Crippen LogP contribution in [0.1, 0.15) is 64.4 Å². The largest absolute Gasteiger partial charge is 0.355 e. The van der Waals surface area contributed by atoms with Crippen LogP contribution >= 0.6 is 11.8 Å². The average molecular weight is 412 g/mol. The number of aromatic nitrogens is 5. The number of aromatic amines is 1. The third-order valence-corrected chi connectivity index (χ3v) is 5.76. The Balaban J connectivity index is 1.72. The highest BCUT2D eigenvalue weighted by atomic mass is 32.2. The van der Waals surface area contributed by atoms with Gasteiger partial charge in [-0.25, -0.2) is 0 Å². The zero-order valence-electron chi connectivity index (χ0n) is 17.2. The number of unbranched alkanes of at least 4 members (excludes halogenated alkanes) is 1. The minimum absolute atomic E-state index is 0.0470. The number of nitrogens with one attached hydrogen (secondary N) is 1. The van der Waals surface area contributed by atoms with E-state index in [-0.39, 0.29) is 17.3 Å². The van der Waals surface area contributed by atoms with Crippen LogP contribution in [0, 0.1) is 13.8 Å². The molecule has 0 radical (unpaired) electrons. The number of ketones is 2. The molecule has 0 aliphatic heterocycles. The van der Waals surface area contributed by atoms with Gasteiger partial charge in [0.1, 0.15) is 0 Å². The van der Waals surface area contributed by atoms with E-state index in [1.54, 1.807) is 18.5 Å². The molecule has 0 saturated heterocycles. The molecule has 0 unspecified atom stereocenters. The Hall–Kier alpha value is -2.74. The number of rotatable bonds is 9. The summed E-state index contributed by atoms with van der Waals surface area (Å²) < 4.78 is 1.63. The first kappa shape index (κ1) is 21.0. The van der Waals surface area contributed by atoms with Gasteiger partial charge in [-0.05, 0) is 67.3 Å². The summed E-state index contributed by atoms with van der Waals surface area (Å²) in [5.74, 6) is 0.0365. The van der Waals surface area contributed by atoms with E-state index in [4.69, 9.17) is 0 Å². The summed E-state index contributed by atoms with van der Waals surface area (Å²) in [4.78, 5) is 27.5. The molecule has 3 aromatic rings. The van der Waals surface area contributed by atoms with E-state index in [1.165, 1.54) is 24.2 Å². The van der Waals surface area contributed by atoms with Crippen LogP contribution in [0.5, 0.6) is 0 Å². The van der Waals surface area contributed by atoms with Gasteiger partial charge in [-0.3, -0.25) is 9.59 Å². The molecule has 1 N–H and O–H groups in total. The van der Waals surface area contributed by atoms with E-state index < -0.39 is 0 Å². The van der Waals surface area contributed by atoms with Gasteiger partial charge in [0.25, 0.3) is 0 Å². The van der Waals surface area contributed by atoms with Crippen LogP contribution in [0.2, 0.25) is 0 Å². The number of Topliss-reactive ketones (excluding diaryl/α,β-unsaturated/α-hetero) is 2. The quantitative estimate of drug-likeness (QED) is 0.420. The molecule has 29 heavy (non-hydrogen) atoms. The highest BCUT2D eigenvalue weighted by Crippen LogP contribution is 2.23. The molecule has 0 aliphatic carbocycles. The lowest BCUT2D eigenvalue weighted by Gasteiger charge is -2.06. The molecule has 0 saturated carbocycles. The molecule has 1 aromatic carbocycles. The first-order valence-electron chi connectivity index (χ1n) is 9.66. The van der Waals surface area contributed by atoms with Gasteiger partial charge in [0, 0.05) is 11.3 Å². The standard InChI is InChI=1S/C21H25N5O2S/c1-5-6-7-16-8-10-17(11-9-16)26-21(23-24-25-26)29-12-18(28)20-13(2)19(15(4)27)14(3)22-20/h8-11,22H,5-7,12H2,1-4H3. The molecule has 0 aliphatic rings. The number of carbonyl (C=O) groups excluding carboxylic acids is 2. The minimum atomic E-state index is -0.0902. The Morgan fingerprint density at radius 2 is 1.90 bits per heavy atom. The summed E-state index contributed by atoms with van der Waals surface area (Å²) in [6, 6.07) is 8.15. The highest BCUT2D eigenvalue weighted by Gasteiger charge is 2.21. The lowest BCUT2D eigenvalue weighted by atomic mass is 10.1. The summed E-state index contributed by atoms with van der Waals surface area (Å²) in [5, 5.41) is 12.4. The van der Waals surface area contributed by atoms with Crippen molar-refractivity contribution >= 4 is 23.3 Å². The second-order valence-electron chi connectivity index (χ2n) is 7.04. The van der Waals surface area contributed by atoms with E-state index in [1.807, 2.05) is 12.1 Å². The second-order valence-corrected chi connectivity index (χ2v) is 7.98. The molecular formula is C21H25N5O2S. The molecule has 0 amide bonds. The molecule has 3 rings (SSSR count). The van der Waals surface area contributed by atoms with Crippen LogP contribution in [0.4, 0.5) is 0 Å². The van der Waals surface area contributed by atoms with Crippen LogP contribution in [-0.2, 0) is 6.42 Å². The monoisotopic (exact) mass is 411 g/mol. The Morgan fingerprint density at radius 3 is 2.52 bits per heavy atom. The molecule has 0 bridgehead atoms. The molecule has 7 nitrogen and oxygen atoms in total. The van der Waals surface area contributed by atoms with E-state index >= 15 is 0 Å². The Kier molecular flexibility index (Phi) is 6.64.